The Labute approximate surface area is 262 Å². The Kier molecular flexibility index (Phi) is 9.30. The molecule has 0 radical (unpaired) electrons. The number of aryl methyl sites for hydroxylation is 1. The number of thioether (sulfide) groups is 1. The number of nitrogens with one attached hydrogen (secondary N) is 2. The van der Waals surface area contributed by atoms with Gasteiger partial charge in [0.2, 0.25) is 0 Å². The second kappa shape index (κ2) is 13.2. The van der Waals surface area contributed by atoms with E-state index in [-0.39, 0.29) is 33.5 Å². The van der Waals surface area contributed by atoms with Crippen molar-refractivity contribution in [1.29, 1.82) is 0 Å². The summed E-state index contributed by atoms with van der Waals surface area (Å²) in [5, 5.41) is 26.5. The molecule has 2 unspecified atom stereocenters. The minimum atomic E-state index is -0.660. The summed E-state index contributed by atoms with van der Waals surface area (Å²) in [7, 11) is 0. The van der Waals surface area contributed by atoms with Crippen LogP contribution in [0.2, 0.25) is 0 Å². The van der Waals surface area contributed by atoms with Crippen LogP contribution >= 0.6 is 23.1 Å². The topological polar surface area (TPSA) is 105 Å². The van der Waals surface area contributed by atoms with E-state index in [4.69, 9.17) is 0 Å². The highest BCUT2D eigenvalue weighted by Gasteiger charge is 2.41. The number of thiophene rings is 1. The van der Waals surface area contributed by atoms with Gasteiger partial charge < -0.3 is 25.7 Å². The van der Waals surface area contributed by atoms with E-state index in [2.05, 4.69) is 51.6 Å². The average Bonchev–Trinajstić information content (AvgIpc) is 3.62. The molecular formula is C33H42N4O4S2. The lowest BCUT2D eigenvalue weighted by molar-refractivity contribution is 0.0200. The lowest BCUT2D eigenvalue weighted by Gasteiger charge is -2.47. The van der Waals surface area contributed by atoms with Crippen molar-refractivity contribution in [1.82, 2.24) is 20.4 Å². The van der Waals surface area contributed by atoms with E-state index >= 15 is 0 Å². The fraction of sp³-hybridized carbons (Fsp3) is 0.515. The van der Waals surface area contributed by atoms with Crippen molar-refractivity contribution >= 4 is 34.2 Å². The summed E-state index contributed by atoms with van der Waals surface area (Å²) in [6, 6.07) is 12.8. The third-order valence-electron chi connectivity index (χ3n) is 9.46. The van der Waals surface area contributed by atoms with Crippen LogP contribution in [-0.4, -0.2) is 81.8 Å². The number of nitrogens with zero attached hydrogens (tertiary/aromatic N) is 2. The average molecular weight is 623 g/mol. The number of allylic oxidation sites excluding steroid dienone is 1. The van der Waals surface area contributed by atoms with Gasteiger partial charge in [0.15, 0.2) is 0 Å². The van der Waals surface area contributed by atoms with Crippen molar-refractivity contribution in [3.63, 3.8) is 0 Å². The van der Waals surface area contributed by atoms with Crippen molar-refractivity contribution in [3.8, 4) is 0 Å². The molecular weight excluding hydrogens is 581 g/mol. The second-order valence-electron chi connectivity index (χ2n) is 12.5. The molecule has 4 aliphatic rings. The van der Waals surface area contributed by atoms with E-state index in [1.807, 2.05) is 12.1 Å². The second-order valence-corrected chi connectivity index (χ2v) is 14.9. The fourth-order valence-corrected chi connectivity index (χ4v) is 8.99. The quantitative estimate of drug-likeness (QED) is 0.297. The Morgan fingerprint density at radius 3 is 2.77 bits per heavy atom. The van der Waals surface area contributed by atoms with E-state index in [1.165, 1.54) is 22.4 Å². The van der Waals surface area contributed by atoms with E-state index in [9.17, 15) is 19.8 Å². The summed E-state index contributed by atoms with van der Waals surface area (Å²) >= 11 is 2.73. The van der Waals surface area contributed by atoms with E-state index in [0.29, 0.717) is 12.2 Å². The van der Waals surface area contributed by atoms with Gasteiger partial charge in [-0.1, -0.05) is 42.1 Å². The van der Waals surface area contributed by atoms with Gasteiger partial charge in [0.25, 0.3) is 11.1 Å². The van der Waals surface area contributed by atoms with E-state index in [1.54, 1.807) is 23.5 Å². The van der Waals surface area contributed by atoms with Crippen molar-refractivity contribution in [3.05, 3.63) is 80.9 Å². The molecule has 1 aromatic carbocycles. The SMILES string of the molecule is Cc1ccc(C(=O)N2CCCC3(CCN(Cc4cccc(CCNC[C@H](O)C5C=CC(O)=C6NC(=O)SC65)c4)CC3)C2)s1. The van der Waals surface area contributed by atoms with Crippen LogP contribution < -0.4 is 10.6 Å². The van der Waals surface area contributed by atoms with Crippen LogP contribution in [-0.2, 0) is 13.0 Å². The number of hydrogen-bond acceptors (Lipinski definition) is 8. The predicted molar refractivity (Wildman–Crippen MR) is 172 cm³/mol. The Balaban J connectivity index is 0.944. The molecule has 1 spiro atoms. The molecule has 1 aromatic heterocycles. The maximum Gasteiger partial charge on any atom is 0.284 e. The molecule has 3 fully saturated rings. The van der Waals surface area contributed by atoms with Gasteiger partial charge in [-0.3, -0.25) is 14.5 Å². The summed E-state index contributed by atoms with van der Waals surface area (Å²) in [6.45, 7) is 8.05. The van der Waals surface area contributed by atoms with Crippen molar-refractivity contribution in [2.75, 3.05) is 39.3 Å². The van der Waals surface area contributed by atoms with E-state index in [0.717, 1.165) is 81.6 Å². The molecule has 0 saturated carbocycles. The normalized spacial score (nSPS) is 24.3. The smallest absolute Gasteiger partial charge is 0.284 e. The van der Waals surface area contributed by atoms with Crippen LogP contribution in [0.15, 0.2) is 60.0 Å². The Morgan fingerprint density at radius 2 is 1.98 bits per heavy atom. The highest BCUT2D eigenvalue weighted by atomic mass is 32.2. The number of fused-ring (bicyclic) bond motifs is 1. The molecule has 43 heavy (non-hydrogen) atoms. The molecule has 10 heteroatoms. The zero-order valence-corrected chi connectivity index (χ0v) is 26.4. The number of amides is 2. The first-order valence-corrected chi connectivity index (χ1v) is 17.1. The maximum absolute atomic E-state index is 13.1. The molecule has 2 aromatic rings. The minimum absolute atomic E-state index is 0.0701. The molecule has 3 saturated heterocycles. The van der Waals surface area contributed by atoms with Gasteiger partial charge in [0.1, 0.15) is 5.76 Å². The Hall–Kier alpha value is -2.63. The summed E-state index contributed by atoms with van der Waals surface area (Å²) in [5.74, 6) is 0.0388. The zero-order chi connectivity index (χ0) is 30.0. The van der Waals surface area contributed by atoms with Crippen LogP contribution in [0.1, 0.15) is 51.4 Å². The number of likely N-dealkylation sites (tertiary alicyclic amines) is 2. The molecule has 3 aliphatic heterocycles. The van der Waals surface area contributed by atoms with Gasteiger partial charge in [-0.15, -0.1) is 11.3 Å². The number of hydrogen-bond donors (Lipinski definition) is 4. The van der Waals surface area contributed by atoms with Gasteiger partial charge in [-0.25, -0.2) is 0 Å². The lowest BCUT2D eigenvalue weighted by atomic mass is 9.72. The fourth-order valence-electron chi connectivity index (χ4n) is 7.03. The third-order valence-corrected chi connectivity index (χ3v) is 11.6. The molecule has 3 atom stereocenters. The first kappa shape index (κ1) is 30.4. The molecule has 1 aliphatic carbocycles. The number of carbonyl (C=O) groups is 2. The molecule has 2 amide bonds. The summed E-state index contributed by atoms with van der Waals surface area (Å²) in [4.78, 5) is 31.7. The predicted octanol–water partition coefficient (Wildman–Crippen LogP) is 4.85. The number of aliphatic hydroxyl groups excluding tert-OH is 2. The lowest BCUT2D eigenvalue weighted by Crippen LogP contribution is -2.50. The van der Waals surface area contributed by atoms with Crippen LogP contribution in [0.5, 0.6) is 0 Å². The van der Waals surface area contributed by atoms with Gasteiger partial charge in [-0.05, 0) is 93.4 Å². The van der Waals surface area contributed by atoms with Gasteiger partial charge in [0.05, 0.1) is 21.9 Å². The Bertz CT molecular complexity index is 1400. The third kappa shape index (κ3) is 7.04. The molecule has 4 N–H and O–H groups in total. The van der Waals surface area contributed by atoms with Gasteiger partial charge in [-0.2, -0.15) is 0 Å². The molecule has 230 valence electrons. The minimum Gasteiger partial charge on any atom is -0.506 e. The van der Waals surface area contributed by atoms with Crippen LogP contribution in [0.3, 0.4) is 0 Å². The van der Waals surface area contributed by atoms with Crippen molar-refractivity contribution in [2.24, 2.45) is 11.3 Å². The van der Waals surface area contributed by atoms with Crippen LogP contribution in [0.4, 0.5) is 4.79 Å². The van der Waals surface area contributed by atoms with Gasteiger partial charge in [0, 0.05) is 37.0 Å². The number of rotatable bonds is 9. The summed E-state index contributed by atoms with van der Waals surface area (Å²) < 4.78 is 0. The summed E-state index contributed by atoms with van der Waals surface area (Å²) in [6.07, 6.45) is 8.17. The summed E-state index contributed by atoms with van der Waals surface area (Å²) in [5.41, 5.74) is 3.35. The Morgan fingerprint density at radius 1 is 1.16 bits per heavy atom. The molecule has 8 nitrogen and oxygen atoms in total. The molecule has 4 heterocycles. The van der Waals surface area contributed by atoms with Gasteiger partial charge >= 0.3 is 0 Å². The first-order chi connectivity index (χ1) is 20.8. The van der Waals surface area contributed by atoms with E-state index < -0.39 is 6.10 Å². The standard InChI is InChI=1S/C33H42N4O4S2/c1-22-6-9-28(42-22)31(40)37-15-3-11-33(21-37)12-16-36(17-13-33)20-24-5-2-4-23(18-24)10-14-34-19-27(39)25-7-8-26(38)29-30(25)43-32(41)35-29/h2,4-9,18,25,27,30,34,38-39H,3,10-17,19-21H2,1H3,(H,35,41)/t25?,27-,30?/m0/s1. The number of aliphatic hydroxyl groups is 2. The highest BCUT2D eigenvalue weighted by molar-refractivity contribution is 8.14. The monoisotopic (exact) mass is 622 g/mol. The van der Waals surface area contributed by atoms with Crippen molar-refractivity contribution in [2.45, 2.75) is 56.9 Å². The maximum atomic E-state index is 13.1. The van der Waals surface area contributed by atoms with Crippen LogP contribution in [0, 0.1) is 18.3 Å². The number of benzene rings is 1. The molecule has 6 rings (SSSR count). The van der Waals surface area contributed by atoms with Crippen molar-refractivity contribution < 1.29 is 19.8 Å². The number of piperidine rings is 2. The number of carbonyl (C=O) groups excluding carboxylic acids is 2. The highest BCUT2D eigenvalue weighted by Crippen LogP contribution is 2.41. The zero-order valence-electron chi connectivity index (χ0n) is 24.8. The van der Waals surface area contributed by atoms with Crippen LogP contribution in [0.25, 0.3) is 0 Å². The first-order valence-electron chi connectivity index (χ1n) is 15.4. The molecule has 0 bridgehead atoms. The largest absolute Gasteiger partial charge is 0.506 e.